The largest absolute Gasteiger partial charge is 0.491 e. The standard InChI is InChI=1S/C19H30N4O3/c1-4-18(24)23-9-8-16(14-23)22-19(20-2)21-13-15-6-5-7-17(12-15)26-11-10-25-3/h5-7,12,16H,4,8-11,13-14H2,1-3H3,(H2,20,21,22). The van der Waals surface area contributed by atoms with Gasteiger partial charge in [0.2, 0.25) is 5.91 Å². The van der Waals surface area contributed by atoms with Crippen molar-refractivity contribution in [2.24, 2.45) is 4.99 Å². The molecule has 144 valence electrons. The van der Waals surface area contributed by atoms with Gasteiger partial charge in [0, 0.05) is 46.3 Å². The Kier molecular flexibility index (Phi) is 8.21. The zero-order valence-corrected chi connectivity index (χ0v) is 16.0. The third-order valence-electron chi connectivity index (χ3n) is 4.32. The summed E-state index contributed by atoms with van der Waals surface area (Å²) in [5.41, 5.74) is 1.11. The number of hydrogen-bond donors (Lipinski definition) is 2. The van der Waals surface area contributed by atoms with Crippen LogP contribution in [0.4, 0.5) is 0 Å². The fourth-order valence-electron chi connectivity index (χ4n) is 2.89. The number of amides is 1. The zero-order chi connectivity index (χ0) is 18.8. The van der Waals surface area contributed by atoms with Crippen molar-refractivity contribution in [3.63, 3.8) is 0 Å². The number of methoxy groups -OCH3 is 1. The number of aliphatic imine (C=N–C) groups is 1. The lowest BCUT2D eigenvalue weighted by molar-refractivity contribution is -0.129. The molecule has 1 aromatic carbocycles. The van der Waals surface area contributed by atoms with Crippen molar-refractivity contribution in [1.29, 1.82) is 0 Å². The van der Waals surface area contributed by atoms with E-state index >= 15 is 0 Å². The lowest BCUT2D eigenvalue weighted by atomic mass is 10.2. The first-order chi connectivity index (χ1) is 12.7. The molecule has 0 radical (unpaired) electrons. The summed E-state index contributed by atoms with van der Waals surface area (Å²) in [5, 5.41) is 6.72. The Morgan fingerprint density at radius 1 is 1.38 bits per heavy atom. The number of hydrogen-bond acceptors (Lipinski definition) is 4. The van der Waals surface area contributed by atoms with Crippen molar-refractivity contribution in [2.45, 2.75) is 32.4 Å². The highest BCUT2D eigenvalue weighted by molar-refractivity contribution is 5.80. The molecule has 1 amide bonds. The molecule has 1 aromatic rings. The van der Waals surface area contributed by atoms with E-state index in [2.05, 4.69) is 15.6 Å². The summed E-state index contributed by atoms with van der Waals surface area (Å²) in [7, 11) is 3.41. The van der Waals surface area contributed by atoms with Crippen LogP contribution in [-0.4, -0.2) is 63.3 Å². The Balaban J connectivity index is 1.80. The van der Waals surface area contributed by atoms with Crippen molar-refractivity contribution in [1.82, 2.24) is 15.5 Å². The van der Waals surface area contributed by atoms with Gasteiger partial charge in [0.05, 0.1) is 6.61 Å². The van der Waals surface area contributed by atoms with Gasteiger partial charge in [-0.05, 0) is 24.1 Å². The van der Waals surface area contributed by atoms with Gasteiger partial charge in [-0.1, -0.05) is 19.1 Å². The van der Waals surface area contributed by atoms with E-state index in [1.165, 1.54) is 0 Å². The molecule has 0 aromatic heterocycles. The number of guanidine groups is 1. The fraction of sp³-hybridized carbons (Fsp3) is 0.579. The Labute approximate surface area is 155 Å². The molecule has 0 spiro atoms. The molecule has 2 rings (SSSR count). The Morgan fingerprint density at radius 3 is 2.96 bits per heavy atom. The zero-order valence-electron chi connectivity index (χ0n) is 16.0. The molecule has 7 heteroatoms. The molecule has 1 aliphatic heterocycles. The van der Waals surface area contributed by atoms with Crippen LogP contribution in [0.3, 0.4) is 0 Å². The predicted molar refractivity (Wildman–Crippen MR) is 102 cm³/mol. The SMILES string of the molecule is CCC(=O)N1CCC(NC(=NC)NCc2cccc(OCCOC)c2)C1. The van der Waals surface area contributed by atoms with Crippen molar-refractivity contribution in [3.05, 3.63) is 29.8 Å². The summed E-state index contributed by atoms with van der Waals surface area (Å²) in [6.07, 6.45) is 1.50. The molecule has 1 fully saturated rings. The second-order valence-electron chi connectivity index (χ2n) is 6.24. The molecule has 0 bridgehead atoms. The van der Waals surface area contributed by atoms with Gasteiger partial charge in [-0.25, -0.2) is 0 Å². The Morgan fingerprint density at radius 2 is 2.23 bits per heavy atom. The average molecular weight is 362 g/mol. The fourth-order valence-corrected chi connectivity index (χ4v) is 2.89. The molecule has 2 N–H and O–H groups in total. The van der Waals surface area contributed by atoms with E-state index < -0.39 is 0 Å². The second-order valence-corrected chi connectivity index (χ2v) is 6.24. The first kappa shape index (κ1) is 20.0. The molecular formula is C19H30N4O3. The number of rotatable bonds is 8. The smallest absolute Gasteiger partial charge is 0.222 e. The lowest BCUT2D eigenvalue weighted by Crippen LogP contribution is -2.44. The molecule has 0 aliphatic carbocycles. The van der Waals surface area contributed by atoms with Crippen LogP contribution in [0.5, 0.6) is 5.75 Å². The number of nitrogens with zero attached hydrogens (tertiary/aromatic N) is 2. The second kappa shape index (κ2) is 10.7. The van der Waals surface area contributed by atoms with Gasteiger partial charge in [0.15, 0.2) is 5.96 Å². The van der Waals surface area contributed by atoms with Gasteiger partial charge >= 0.3 is 0 Å². The molecule has 1 atom stereocenters. The third kappa shape index (κ3) is 6.22. The van der Waals surface area contributed by atoms with Crippen LogP contribution >= 0.6 is 0 Å². The Bertz CT molecular complexity index is 606. The maximum Gasteiger partial charge on any atom is 0.222 e. The van der Waals surface area contributed by atoms with Gasteiger partial charge in [0.25, 0.3) is 0 Å². The summed E-state index contributed by atoms with van der Waals surface area (Å²) >= 11 is 0. The maximum atomic E-state index is 11.8. The number of carbonyl (C=O) groups is 1. The minimum Gasteiger partial charge on any atom is -0.491 e. The van der Waals surface area contributed by atoms with Gasteiger partial charge < -0.3 is 25.0 Å². The molecule has 1 unspecified atom stereocenters. The Hall–Kier alpha value is -2.28. The maximum absolute atomic E-state index is 11.8. The van der Waals surface area contributed by atoms with Crippen LogP contribution in [-0.2, 0) is 16.1 Å². The van der Waals surface area contributed by atoms with Crippen molar-refractivity contribution < 1.29 is 14.3 Å². The van der Waals surface area contributed by atoms with E-state index in [0.29, 0.717) is 26.2 Å². The van der Waals surface area contributed by atoms with E-state index in [0.717, 1.165) is 36.8 Å². The summed E-state index contributed by atoms with van der Waals surface area (Å²) in [5.74, 6) is 1.78. The van der Waals surface area contributed by atoms with Crippen LogP contribution in [0, 0.1) is 0 Å². The van der Waals surface area contributed by atoms with E-state index in [1.54, 1.807) is 14.2 Å². The molecule has 1 aliphatic rings. The van der Waals surface area contributed by atoms with Crippen molar-refractivity contribution in [3.8, 4) is 5.75 Å². The van der Waals surface area contributed by atoms with Crippen LogP contribution in [0.1, 0.15) is 25.3 Å². The van der Waals surface area contributed by atoms with Gasteiger partial charge in [-0.3, -0.25) is 9.79 Å². The summed E-state index contributed by atoms with van der Waals surface area (Å²) < 4.78 is 10.6. The van der Waals surface area contributed by atoms with E-state index in [-0.39, 0.29) is 11.9 Å². The van der Waals surface area contributed by atoms with E-state index in [9.17, 15) is 4.79 Å². The van der Waals surface area contributed by atoms with Crippen LogP contribution in [0.25, 0.3) is 0 Å². The minimum atomic E-state index is 0.211. The summed E-state index contributed by atoms with van der Waals surface area (Å²) in [6.45, 7) is 5.18. The van der Waals surface area contributed by atoms with Crippen LogP contribution in [0.15, 0.2) is 29.3 Å². The first-order valence-corrected chi connectivity index (χ1v) is 9.12. The third-order valence-corrected chi connectivity index (χ3v) is 4.32. The number of ether oxygens (including phenoxy) is 2. The molecule has 26 heavy (non-hydrogen) atoms. The van der Waals surface area contributed by atoms with Crippen LogP contribution < -0.4 is 15.4 Å². The number of nitrogens with one attached hydrogen (secondary N) is 2. The van der Waals surface area contributed by atoms with Crippen molar-refractivity contribution >= 4 is 11.9 Å². The summed E-state index contributed by atoms with van der Waals surface area (Å²) in [6, 6.07) is 8.19. The predicted octanol–water partition coefficient (Wildman–Crippen LogP) is 1.39. The average Bonchev–Trinajstić information content (AvgIpc) is 3.13. The highest BCUT2D eigenvalue weighted by Crippen LogP contribution is 2.13. The van der Waals surface area contributed by atoms with Gasteiger partial charge in [-0.15, -0.1) is 0 Å². The van der Waals surface area contributed by atoms with E-state index in [1.807, 2.05) is 36.1 Å². The highest BCUT2D eigenvalue weighted by Gasteiger charge is 2.25. The molecule has 7 nitrogen and oxygen atoms in total. The van der Waals surface area contributed by atoms with E-state index in [4.69, 9.17) is 9.47 Å². The number of benzene rings is 1. The number of carbonyl (C=O) groups excluding carboxylic acids is 1. The van der Waals surface area contributed by atoms with Crippen LogP contribution in [0.2, 0.25) is 0 Å². The monoisotopic (exact) mass is 362 g/mol. The van der Waals surface area contributed by atoms with Crippen molar-refractivity contribution in [2.75, 3.05) is 40.5 Å². The van der Waals surface area contributed by atoms with Gasteiger partial charge in [0.1, 0.15) is 12.4 Å². The summed E-state index contributed by atoms with van der Waals surface area (Å²) in [4.78, 5) is 18.0. The normalized spacial score (nSPS) is 17.3. The topological polar surface area (TPSA) is 75.2 Å². The lowest BCUT2D eigenvalue weighted by Gasteiger charge is -2.19. The molecule has 1 saturated heterocycles. The minimum absolute atomic E-state index is 0.211. The number of likely N-dealkylation sites (tertiary alicyclic amines) is 1. The highest BCUT2D eigenvalue weighted by atomic mass is 16.5. The molecular weight excluding hydrogens is 332 g/mol. The quantitative estimate of drug-likeness (QED) is 0.415. The molecule has 1 heterocycles. The molecule has 0 saturated carbocycles. The van der Waals surface area contributed by atoms with Gasteiger partial charge in [-0.2, -0.15) is 0 Å². The first-order valence-electron chi connectivity index (χ1n) is 9.12.